The van der Waals surface area contributed by atoms with Crippen molar-refractivity contribution in [1.82, 2.24) is 20.1 Å². The van der Waals surface area contributed by atoms with Crippen LogP contribution >= 0.6 is 35.0 Å². The number of nitrogens with one attached hydrogen (secondary N) is 2. The normalized spacial score (nSPS) is 11.8. The van der Waals surface area contributed by atoms with Gasteiger partial charge < -0.3 is 15.2 Å². The molecule has 0 bridgehead atoms. The number of aryl methyl sites for hydroxylation is 2. The van der Waals surface area contributed by atoms with Crippen LogP contribution in [-0.4, -0.2) is 32.3 Å². The molecule has 0 aliphatic rings. The van der Waals surface area contributed by atoms with Crippen molar-refractivity contribution in [2.75, 3.05) is 11.1 Å². The summed E-state index contributed by atoms with van der Waals surface area (Å²) in [6.45, 7) is 8.34. The summed E-state index contributed by atoms with van der Waals surface area (Å²) in [6.07, 6.45) is 0. The highest BCUT2D eigenvalue weighted by atomic mass is 35.5. The highest BCUT2D eigenvalue weighted by Crippen LogP contribution is 2.24. The molecule has 2 aromatic carbocycles. The Kier molecular flexibility index (Phi) is 8.40. The van der Waals surface area contributed by atoms with E-state index in [1.807, 2.05) is 44.4 Å². The van der Waals surface area contributed by atoms with E-state index in [9.17, 15) is 9.59 Å². The molecule has 7 nitrogen and oxygen atoms in total. The van der Waals surface area contributed by atoms with Crippen LogP contribution < -0.4 is 10.6 Å². The molecule has 2 amide bonds. The van der Waals surface area contributed by atoms with Crippen LogP contribution in [0.2, 0.25) is 10.0 Å². The molecule has 0 radical (unpaired) electrons. The zero-order valence-electron chi connectivity index (χ0n) is 18.8. The molecule has 2 N–H and O–H groups in total. The number of carbonyl (C=O) groups excluding carboxylic acids is 2. The summed E-state index contributed by atoms with van der Waals surface area (Å²) in [4.78, 5) is 25.1. The number of carbonyl (C=O) groups is 2. The van der Waals surface area contributed by atoms with E-state index in [1.165, 1.54) is 17.8 Å². The van der Waals surface area contributed by atoms with Gasteiger partial charge in [-0.1, -0.05) is 41.0 Å². The SMILES string of the molecule is CCn1c(SCC(=O)Nc2cc(C)cc(C)c2)nnc1[C@@H](C)NC(=O)c1ccc(Cl)cc1Cl. The summed E-state index contributed by atoms with van der Waals surface area (Å²) in [7, 11) is 0. The number of benzene rings is 2. The maximum atomic E-state index is 12.6. The quantitative estimate of drug-likeness (QED) is 0.397. The van der Waals surface area contributed by atoms with E-state index in [-0.39, 0.29) is 22.6 Å². The number of anilines is 1. The average molecular weight is 506 g/mol. The summed E-state index contributed by atoms with van der Waals surface area (Å²) in [5, 5.41) is 15.6. The molecule has 0 saturated heterocycles. The van der Waals surface area contributed by atoms with Crippen LogP contribution in [0.25, 0.3) is 0 Å². The molecule has 0 unspecified atom stereocenters. The average Bonchev–Trinajstić information content (AvgIpc) is 3.14. The number of hydrogen-bond donors (Lipinski definition) is 2. The van der Waals surface area contributed by atoms with Crippen LogP contribution in [-0.2, 0) is 11.3 Å². The van der Waals surface area contributed by atoms with E-state index < -0.39 is 6.04 Å². The van der Waals surface area contributed by atoms with Gasteiger partial charge in [-0.05, 0) is 69.2 Å². The Morgan fingerprint density at radius 1 is 1.09 bits per heavy atom. The maximum Gasteiger partial charge on any atom is 0.253 e. The smallest absolute Gasteiger partial charge is 0.253 e. The van der Waals surface area contributed by atoms with Gasteiger partial charge in [0.05, 0.1) is 22.4 Å². The lowest BCUT2D eigenvalue weighted by atomic mass is 10.1. The largest absolute Gasteiger partial charge is 0.342 e. The highest BCUT2D eigenvalue weighted by molar-refractivity contribution is 7.99. The minimum Gasteiger partial charge on any atom is -0.342 e. The minimum atomic E-state index is -0.421. The monoisotopic (exact) mass is 505 g/mol. The van der Waals surface area contributed by atoms with Crippen molar-refractivity contribution in [1.29, 1.82) is 0 Å². The lowest BCUT2D eigenvalue weighted by molar-refractivity contribution is -0.113. The van der Waals surface area contributed by atoms with Crippen LogP contribution in [0, 0.1) is 13.8 Å². The third-order valence-electron chi connectivity index (χ3n) is 4.81. The number of rotatable bonds is 8. The molecule has 0 fully saturated rings. The van der Waals surface area contributed by atoms with Crippen molar-refractivity contribution in [3.05, 3.63) is 69.0 Å². The van der Waals surface area contributed by atoms with Gasteiger partial charge in [0.15, 0.2) is 11.0 Å². The topological polar surface area (TPSA) is 88.9 Å². The standard InChI is InChI=1S/C23H25Cl2N5O2S/c1-5-30-21(15(4)26-22(32)18-7-6-16(24)11-19(18)25)28-29-23(30)33-12-20(31)27-17-9-13(2)8-14(3)10-17/h6-11,15H,5,12H2,1-4H3,(H,26,32)(H,27,31)/t15-/m1/s1. The van der Waals surface area contributed by atoms with Gasteiger partial charge in [-0.25, -0.2) is 0 Å². The molecule has 1 atom stereocenters. The molecule has 0 aliphatic heterocycles. The fraction of sp³-hybridized carbons (Fsp3) is 0.304. The van der Waals surface area contributed by atoms with Gasteiger partial charge in [0.1, 0.15) is 0 Å². The predicted octanol–water partition coefficient (Wildman–Crippen LogP) is 5.44. The van der Waals surface area contributed by atoms with Gasteiger partial charge in [-0.2, -0.15) is 0 Å². The molecular formula is C23H25Cl2N5O2S. The fourth-order valence-corrected chi connectivity index (χ4v) is 4.71. The van der Waals surface area contributed by atoms with Crippen LogP contribution in [0.15, 0.2) is 41.6 Å². The maximum absolute atomic E-state index is 12.6. The molecule has 1 heterocycles. The number of nitrogens with zero attached hydrogens (tertiary/aromatic N) is 3. The van der Waals surface area contributed by atoms with Crippen LogP contribution in [0.1, 0.15) is 47.2 Å². The lowest BCUT2D eigenvalue weighted by Crippen LogP contribution is -2.29. The summed E-state index contributed by atoms with van der Waals surface area (Å²) in [5.74, 6) is 0.313. The molecule has 0 saturated carbocycles. The van der Waals surface area contributed by atoms with Gasteiger partial charge in [0.25, 0.3) is 5.91 Å². The first-order chi connectivity index (χ1) is 15.7. The minimum absolute atomic E-state index is 0.129. The van der Waals surface area contributed by atoms with Crippen molar-refractivity contribution < 1.29 is 9.59 Å². The summed E-state index contributed by atoms with van der Waals surface area (Å²) < 4.78 is 1.88. The summed E-state index contributed by atoms with van der Waals surface area (Å²) >= 11 is 13.3. The molecule has 33 heavy (non-hydrogen) atoms. The van der Waals surface area contributed by atoms with E-state index in [4.69, 9.17) is 23.2 Å². The molecule has 3 rings (SSSR count). The first-order valence-electron chi connectivity index (χ1n) is 10.4. The number of aromatic nitrogens is 3. The third-order valence-corrected chi connectivity index (χ3v) is 6.32. The Bertz CT molecular complexity index is 1160. The number of halogens is 2. The highest BCUT2D eigenvalue weighted by Gasteiger charge is 2.21. The molecule has 10 heteroatoms. The second kappa shape index (κ2) is 11.0. The molecule has 0 aliphatic carbocycles. The second-order valence-electron chi connectivity index (χ2n) is 7.62. The molecule has 3 aromatic rings. The molecule has 174 valence electrons. The van der Waals surface area contributed by atoms with Gasteiger partial charge in [-0.15, -0.1) is 10.2 Å². The van der Waals surface area contributed by atoms with Gasteiger partial charge in [0.2, 0.25) is 5.91 Å². The van der Waals surface area contributed by atoms with Crippen molar-refractivity contribution >= 4 is 52.5 Å². The van der Waals surface area contributed by atoms with E-state index in [0.717, 1.165) is 16.8 Å². The number of thioether (sulfide) groups is 1. The van der Waals surface area contributed by atoms with E-state index in [2.05, 4.69) is 26.9 Å². The second-order valence-corrected chi connectivity index (χ2v) is 9.40. The number of amides is 2. The van der Waals surface area contributed by atoms with Crippen molar-refractivity contribution in [2.24, 2.45) is 0 Å². The lowest BCUT2D eigenvalue weighted by Gasteiger charge is -2.15. The van der Waals surface area contributed by atoms with Crippen LogP contribution in [0.4, 0.5) is 5.69 Å². The van der Waals surface area contributed by atoms with Crippen molar-refractivity contribution in [2.45, 2.75) is 45.4 Å². The molecular weight excluding hydrogens is 481 g/mol. The Hall–Kier alpha value is -2.55. The Labute approximate surface area is 207 Å². The van der Waals surface area contributed by atoms with E-state index >= 15 is 0 Å². The Morgan fingerprint density at radius 2 is 1.79 bits per heavy atom. The summed E-state index contributed by atoms with van der Waals surface area (Å²) in [6, 6.07) is 10.2. The van der Waals surface area contributed by atoms with Gasteiger partial charge in [-0.3, -0.25) is 9.59 Å². The van der Waals surface area contributed by atoms with Gasteiger partial charge >= 0.3 is 0 Å². The first-order valence-corrected chi connectivity index (χ1v) is 12.1. The third kappa shape index (κ3) is 6.50. The Balaban J connectivity index is 1.65. The summed E-state index contributed by atoms with van der Waals surface area (Å²) in [5.41, 5.74) is 3.27. The van der Waals surface area contributed by atoms with Crippen LogP contribution in [0.5, 0.6) is 0 Å². The zero-order chi connectivity index (χ0) is 24.1. The zero-order valence-corrected chi connectivity index (χ0v) is 21.1. The Morgan fingerprint density at radius 3 is 2.42 bits per heavy atom. The van der Waals surface area contributed by atoms with Crippen molar-refractivity contribution in [3.8, 4) is 0 Å². The molecule has 1 aromatic heterocycles. The van der Waals surface area contributed by atoms with E-state index in [1.54, 1.807) is 12.1 Å². The van der Waals surface area contributed by atoms with Crippen molar-refractivity contribution in [3.63, 3.8) is 0 Å². The first kappa shape index (κ1) is 25.1. The predicted molar refractivity (Wildman–Crippen MR) is 133 cm³/mol. The van der Waals surface area contributed by atoms with E-state index in [0.29, 0.717) is 28.1 Å². The number of hydrogen-bond acceptors (Lipinski definition) is 5. The van der Waals surface area contributed by atoms with Crippen LogP contribution in [0.3, 0.4) is 0 Å². The fourth-order valence-electron chi connectivity index (χ4n) is 3.41. The molecule has 0 spiro atoms. The van der Waals surface area contributed by atoms with Gasteiger partial charge in [0, 0.05) is 17.3 Å².